The third-order valence-electron chi connectivity index (χ3n) is 3.41. The predicted molar refractivity (Wildman–Crippen MR) is 71.6 cm³/mol. The fourth-order valence-corrected chi connectivity index (χ4v) is 2.09. The van der Waals surface area contributed by atoms with Crippen LogP contribution in [0.2, 0.25) is 0 Å². The maximum Gasteiger partial charge on any atom is 0.348 e. The molecule has 5 heteroatoms. The number of carbonyl (C=O) groups is 2. The molecule has 0 amide bonds. The third-order valence-corrected chi connectivity index (χ3v) is 3.41. The van der Waals surface area contributed by atoms with Gasteiger partial charge < -0.3 is 9.99 Å². The van der Waals surface area contributed by atoms with Crippen LogP contribution in [0.5, 0.6) is 0 Å². The van der Waals surface area contributed by atoms with E-state index in [4.69, 9.17) is 10.4 Å². The Hall–Kier alpha value is -1.10. The van der Waals surface area contributed by atoms with Crippen molar-refractivity contribution in [2.45, 2.75) is 59.8 Å². The summed E-state index contributed by atoms with van der Waals surface area (Å²) in [7, 11) is 0. The van der Waals surface area contributed by atoms with Crippen LogP contribution in [0.3, 0.4) is 0 Å². The highest BCUT2D eigenvalue weighted by molar-refractivity contribution is 5.82. The van der Waals surface area contributed by atoms with Gasteiger partial charge in [0.1, 0.15) is 0 Å². The van der Waals surface area contributed by atoms with Gasteiger partial charge in [0.05, 0.1) is 11.8 Å². The Morgan fingerprint density at radius 3 is 1.74 bits per heavy atom. The van der Waals surface area contributed by atoms with Crippen molar-refractivity contribution in [3.63, 3.8) is 0 Å². The minimum atomic E-state index is -1.12. The maximum atomic E-state index is 11.9. The lowest BCUT2D eigenvalue weighted by Crippen LogP contribution is -2.35. The summed E-state index contributed by atoms with van der Waals surface area (Å²) in [5.74, 6) is -1.15. The van der Waals surface area contributed by atoms with E-state index in [1.165, 1.54) is 0 Å². The van der Waals surface area contributed by atoms with Crippen LogP contribution in [0.15, 0.2) is 0 Å². The molecule has 0 aromatic heterocycles. The summed E-state index contributed by atoms with van der Waals surface area (Å²) in [5.41, 5.74) is -1.12. The van der Waals surface area contributed by atoms with Gasteiger partial charge in [-0.15, -0.1) is 0 Å². The molecule has 0 aliphatic rings. The number of aliphatic carboxylic acids is 1. The Kier molecular flexibility index (Phi) is 7.68. The van der Waals surface area contributed by atoms with Crippen LogP contribution in [-0.2, 0) is 14.5 Å². The largest absolute Gasteiger partial charge is 0.481 e. The van der Waals surface area contributed by atoms with Gasteiger partial charge in [-0.25, -0.2) is 4.79 Å². The fraction of sp³-hybridized carbons (Fsp3) is 0.857. The molecule has 0 spiro atoms. The van der Waals surface area contributed by atoms with Gasteiger partial charge in [0, 0.05) is 0 Å². The van der Waals surface area contributed by atoms with Gasteiger partial charge in [-0.1, -0.05) is 27.7 Å². The lowest BCUT2D eigenvalue weighted by molar-refractivity contribution is -0.247. The van der Waals surface area contributed by atoms with Gasteiger partial charge in [-0.2, -0.15) is 5.26 Å². The highest BCUT2D eigenvalue weighted by Gasteiger charge is 2.42. The molecule has 0 radical (unpaired) electrons. The molecule has 0 aliphatic heterocycles. The van der Waals surface area contributed by atoms with E-state index in [1.807, 2.05) is 27.7 Å². The zero-order valence-electron chi connectivity index (χ0n) is 12.3. The molecule has 0 aromatic rings. The summed E-state index contributed by atoms with van der Waals surface area (Å²) in [6.45, 7) is 8.05. The number of carbonyl (C=O) groups excluding carboxylic acids is 1. The summed E-state index contributed by atoms with van der Waals surface area (Å²) in [6, 6.07) is 0. The molecule has 0 bridgehead atoms. The van der Waals surface area contributed by atoms with E-state index in [-0.39, 0.29) is 6.42 Å². The summed E-state index contributed by atoms with van der Waals surface area (Å²) in [4.78, 5) is 26.8. The Morgan fingerprint density at radius 1 is 1.05 bits per heavy atom. The van der Waals surface area contributed by atoms with Crippen molar-refractivity contribution in [3.8, 4) is 0 Å². The minimum Gasteiger partial charge on any atom is -0.481 e. The number of rotatable bonds is 9. The predicted octanol–water partition coefficient (Wildman–Crippen LogP) is 3.34. The standard InChI is InChI=1S/C14H26O5/c1-10(2)5-7-14(9-12(15)16,13(17)19-18)8-6-11(3)4/h10-11,18H,5-9H2,1-4H3,(H,15,16). The SMILES string of the molecule is CC(C)CCC(CCC(C)C)(CC(=O)O)C(=O)OO. The van der Waals surface area contributed by atoms with Gasteiger partial charge >= 0.3 is 11.9 Å². The van der Waals surface area contributed by atoms with E-state index in [2.05, 4.69) is 4.89 Å². The summed E-state index contributed by atoms with van der Waals surface area (Å²) < 4.78 is 0. The fourth-order valence-electron chi connectivity index (χ4n) is 2.09. The second-order valence-corrected chi connectivity index (χ2v) is 6.09. The van der Waals surface area contributed by atoms with Crippen LogP contribution >= 0.6 is 0 Å². The molecule has 19 heavy (non-hydrogen) atoms. The molecule has 0 atom stereocenters. The molecule has 2 N–H and O–H groups in total. The van der Waals surface area contributed by atoms with Crippen molar-refractivity contribution in [2.24, 2.45) is 17.3 Å². The van der Waals surface area contributed by atoms with Gasteiger partial charge in [-0.05, 0) is 37.5 Å². The molecular formula is C14H26O5. The quantitative estimate of drug-likeness (QED) is 0.497. The van der Waals surface area contributed by atoms with E-state index in [0.717, 1.165) is 12.8 Å². The number of hydrogen-bond donors (Lipinski definition) is 2. The highest BCUT2D eigenvalue weighted by Crippen LogP contribution is 2.37. The van der Waals surface area contributed by atoms with E-state index >= 15 is 0 Å². The average molecular weight is 274 g/mol. The van der Waals surface area contributed by atoms with Crippen molar-refractivity contribution >= 4 is 11.9 Å². The average Bonchev–Trinajstić information content (AvgIpc) is 2.31. The van der Waals surface area contributed by atoms with Crippen molar-refractivity contribution in [3.05, 3.63) is 0 Å². The van der Waals surface area contributed by atoms with Gasteiger partial charge in [0.25, 0.3) is 0 Å². The zero-order valence-corrected chi connectivity index (χ0v) is 12.3. The van der Waals surface area contributed by atoms with Crippen LogP contribution in [-0.4, -0.2) is 22.3 Å². The first-order valence-electron chi connectivity index (χ1n) is 6.81. The number of carboxylic acids is 1. The van der Waals surface area contributed by atoms with E-state index in [1.54, 1.807) is 0 Å². The van der Waals surface area contributed by atoms with Crippen LogP contribution in [0, 0.1) is 17.3 Å². The molecule has 0 rings (SSSR count). The molecule has 5 nitrogen and oxygen atoms in total. The Labute approximate surface area is 114 Å². The van der Waals surface area contributed by atoms with Crippen LogP contribution in [0.4, 0.5) is 0 Å². The maximum absolute atomic E-state index is 11.9. The number of carboxylic acid groups (broad SMARTS) is 1. The van der Waals surface area contributed by atoms with Crippen LogP contribution < -0.4 is 0 Å². The monoisotopic (exact) mass is 274 g/mol. The van der Waals surface area contributed by atoms with Crippen molar-refractivity contribution in [2.75, 3.05) is 0 Å². The first-order valence-corrected chi connectivity index (χ1v) is 6.81. The molecule has 0 saturated heterocycles. The van der Waals surface area contributed by atoms with Crippen LogP contribution in [0.1, 0.15) is 59.8 Å². The molecule has 0 saturated carbocycles. The second kappa shape index (κ2) is 8.15. The topological polar surface area (TPSA) is 83.8 Å². The van der Waals surface area contributed by atoms with Crippen molar-refractivity contribution in [1.29, 1.82) is 0 Å². The van der Waals surface area contributed by atoms with Crippen molar-refractivity contribution in [1.82, 2.24) is 0 Å². The van der Waals surface area contributed by atoms with Gasteiger partial charge in [-0.3, -0.25) is 4.79 Å². The smallest absolute Gasteiger partial charge is 0.348 e. The molecule has 0 aliphatic carbocycles. The van der Waals surface area contributed by atoms with E-state index < -0.39 is 17.4 Å². The Morgan fingerprint density at radius 2 is 1.47 bits per heavy atom. The Balaban J connectivity index is 5.06. The first-order chi connectivity index (χ1) is 8.73. The molecule has 112 valence electrons. The third kappa shape index (κ3) is 6.57. The molecule has 0 aromatic carbocycles. The molecule has 0 heterocycles. The lowest BCUT2D eigenvalue weighted by Gasteiger charge is -2.30. The summed E-state index contributed by atoms with van der Waals surface area (Å²) >= 11 is 0. The van der Waals surface area contributed by atoms with E-state index in [0.29, 0.717) is 24.7 Å². The lowest BCUT2D eigenvalue weighted by atomic mass is 9.74. The highest BCUT2D eigenvalue weighted by atomic mass is 17.1. The normalized spacial score (nSPS) is 11.9. The van der Waals surface area contributed by atoms with E-state index in [9.17, 15) is 9.59 Å². The zero-order chi connectivity index (χ0) is 15.1. The molecule has 0 unspecified atom stereocenters. The second-order valence-electron chi connectivity index (χ2n) is 6.09. The van der Waals surface area contributed by atoms with Gasteiger partial charge in [0.15, 0.2) is 0 Å². The van der Waals surface area contributed by atoms with Crippen LogP contribution in [0.25, 0.3) is 0 Å². The molecule has 0 fully saturated rings. The minimum absolute atomic E-state index is 0.300. The number of hydrogen-bond acceptors (Lipinski definition) is 4. The first kappa shape index (κ1) is 17.9. The Bertz CT molecular complexity index is 284. The van der Waals surface area contributed by atoms with Gasteiger partial charge in [0.2, 0.25) is 0 Å². The summed E-state index contributed by atoms with van der Waals surface area (Å²) in [5, 5.41) is 17.7. The summed E-state index contributed by atoms with van der Waals surface area (Å²) in [6.07, 6.45) is 1.99. The van der Waals surface area contributed by atoms with Crippen molar-refractivity contribution < 1.29 is 24.8 Å². The molecular weight excluding hydrogens is 248 g/mol.